The molecule has 7 heteroatoms. The van der Waals surface area contributed by atoms with Crippen molar-refractivity contribution in [3.05, 3.63) is 35.6 Å². The normalized spacial score (nSPS) is 14.7. The van der Waals surface area contributed by atoms with Crippen molar-refractivity contribution in [2.45, 2.75) is 26.7 Å². The smallest absolute Gasteiger partial charge is 0.419 e. The minimum Gasteiger partial charge on any atom is -0.449 e. The van der Waals surface area contributed by atoms with E-state index in [2.05, 4.69) is 0 Å². The lowest BCUT2D eigenvalue weighted by atomic mass is 10.2. The van der Waals surface area contributed by atoms with E-state index in [1.807, 2.05) is 32.0 Å². The number of benzene rings is 1. The van der Waals surface area contributed by atoms with Gasteiger partial charge in [0.1, 0.15) is 0 Å². The molecular formula is C21H24N2O5. The number of furan rings is 1. The summed E-state index contributed by atoms with van der Waals surface area (Å²) in [4.78, 5) is 27.3. The maximum atomic E-state index is 12.8. The van der Waals surface area contributed by atoms with Gasteiger partial charge in [0, 0.05) is 24.5 Å². The molecule has 0 N–H and O–H groups in total. The van der Waals surface area contributed by atoms with E-state index in [1.54, 1.807) is 11.0 Å². The van der Waals surface area contributed by atoms with Crippen molar-refractivity contribution in [3.8, 4) is 0 Å². The molecular weight excluding hydrogens is 360 g/mol. The number of morpholine rings is 1. The Morgan fingerprint density at radius 3 is 2.68 bits per heavy atom. The molecule has 1 aliphatic rings. The largest absolute Gasteiger partial charge is 0.449 e. The minimum atomic E-state index is -0.453. The third-order valence-electron chi connectivity index (χ3n) is 5.01. The number of hydrogen-bond acceptors (Lipinski definition) is 5. The van der Waals surface area contributed by atoms with Crippen LogP contribution in [0, 0.1) is 6.92 Å². The zero-order valence-corrected chi connectivity index (χ0v) is 16.2. The van der Waals surface area contributed by atoms with E-state index >= 15 is 0 Å². The third kappa shape index (κ3) is 3.26. The first-order valence-corrected chi connectivity index (χ1v) is 9.69. The van der Waals surface area contributed by atoms with E-state index in [-0.39, 0.29) is 11.7 Å². The Bertz CT molecular complexity index is 1030. The molecule has 1 saturated heterocycles. The van der Waals surface area contributed by atoms with Gasteiger partial charge in [-0.1, -0.05) is 19.4 Å². The molecule has 3 aromatic rings. The predicted molar refractivity (Wildman–Crippen MR) is 105 cm³/mol. The summed E-state index contributed by atoms with van der Waals surface area (Å²) in [6.45, 7) is 6.47. The van der Waals surface area contributed by atoms with Gasteiger partial charge >= 0.3 is 6.09 Å². The van der Waals surface area contributed by atoms with Gasteiger partial charge in [-0.2, -0.15) is 0 Å². The minimum absolute atomic E-state index is 0.189. The molecule has 1 fully saturated rings. The molecule has 0 atom stereocenters. The third-order valence-corrected chi connectivity index (χ3v) is 5.01. The molecule has 0 radical (unpaired) electrons. The summed E-state index contributed by atoms with van der Waals surface area (Å²) in [7, 11) is 0. The second-order valence-electron chi connectivity index (χ2n) is 7.05. The fraction of sp³-hybridized carbons (Fsp3) is 0.429. The Morgan fingerprint density at radius 1 is 1.14 bits per heavy atom. The zero-order chi connectivity index (χ0) is 19.7. The predicted octanol–water partition coefficient (Wildman–Crippen LogP) is 3.95. The van der Waals surface area contributed by atoms with Gasteiger partial charge in [0.2, 0.25) is 0 Å². The number of rotatable bonds is 4. The first kappa shape index (κ1) is 18.6. The highest BCUT2D eigenvalue weighted by Crippen LogP contribution is 2.33. The summed E-state index contributed by atoms with van der Waals surface area (Å²) in [6, 6.07) is 7.44. The molecule has 0 saturated carbocycles. The maximum absolute atomic E-state index is 12.8. The fourth-order valence-electron chi connectivity index (χ4n) is 3.48. The van der Waals surface area contributed by atoms with Crippen molar-refractivity contribution in [1.82, 2.24) is 9.47 Å². The summed E-state index contributed by atoms with van der Waals surface area (Å²) < 4.78 is 18.2. The number of amides is 1. The number of fused-ring (bicyclic) bond motifs is 3. The second kappa shape index (κ2) is 7.67. The lowest BCUT2D eigenvalue weighted by Gasteiger charge is -2.25. The van der Waals surface area contributed by atoms with Crippen molar-refractivity contribution in [1.29, 1.82) is 0 Å². The van der Waals surface area contributed by atoms with E-state index in [9.17, 15) is 9.59 Å². The topological polar surface area (TPSA) is 73.9 Å². The van der Waals surface area contributed by atoms with Gasteiger partial charge in [-0.3, -0.25) is 4.79 Å². The van der Waals surface area contributed by atoms with Crippen LogP contribution >= 0.6 is 0 Å². The van der Waals surface area contributed by atoms with Crippen molar-refractivity contribution in [3.63, 3.8) is 0 Å². The van der Waals surface area contributed by atoms with Gasteiger partial charge in [0.05, 0.1) is 30.9 Å². The summed E-state index contributed by atoms with van der Waals surface area (Å²) >= 11 is 0. The van der Waals surface area contributed by atoms with E-state index in [1.165, 1.54) is 4.57 Å². The molecule has 0 aliphatic carbocycles. The molecule has 0 spiro atoms. The number of carbonyl (C=O) groups excluding carboxylic acids is 2. The Morgan fingerprint density at radius 2 is 1.93 bits per heavy atom. The average Bonchev–Trinajstić information content (AvgIpc) is 3.24. The summed E-state index contributed by atoms with van der Waals surface area (Å²) in [5.41, 5.74) is 2.83. The van der Waals surface area contributed by atoms with E-state index in [0.29, 0.717) is 44.0 Å². The zero-order valence-electron chi connectivity index (χ0n) is 16.2. The van der Waals surface area contributed by atoms with Gasteiger partial charge in [-0.15, -0.1) is 0 Å². The van der Waals surface area contributed by atoms with Crippen LogP contribution in [0.2, 0.25) is 0 Å². The molecule has 28 heavy (non-hydrogen) atoms. The van der Waals surface area contributed by atoms with Crippen LogP contribution in [0.3, 0.4) is 0 Å². The van der Waals surface area contributed by atoms with Crippen molar-refractivity contribution >= 4 is 34.0 Å². The molecule has 148 valence electrons. The quantitative estimate of drug-likeness (QED) is 0.637. The molecule has 7 nitrogen and oxygen atoms in total. The van der Waals surface area contributed by atoms with E-state index in [0.717, 1.165) is 29.3 Å². The monoisotopic (exact) mass is 384 g/mol. The van der Waals surface area contributed by atoms with Crippen LogP contribution in [-0.2, 0) is 9.47 Å². The van der Waals surface area contributed by atoms with Crippen LogP contribution in [0.1, 0.15) is 35.9 Å². The van der Waals surface area contributed by atoms with Crippen LogP contribution in [0.15, 0.2) is 28.7 Å². The number of nitrogens with zero attached hydrogens (tertiary/aromatic N) is 2. The van der Waals surface area contributed by atoms with Gasteiger partial charge in [0.15, 0.2) is 11.3 Å². The summed E-state index contributed by atoms with van der Waals surface area (Å²) in [5.74, 6) is 0.0372. The highest BCUT2D eigenvalue weighted by atomic mass is 16.5. The van der Waals surface area contributed by atoms with Crippen LogP contribution in [-0.4, -0.2) is 54.4 Å². The van der Waals surface area contributed by atoms with Gasteiger partial charge in [-0.05, 0) is 31.0 Å². The second-order valence-corrected chi connectivity index (χ2v) is 7.05. The van der Waals surface area contributed by atoms with Gasteiger partial charge in [0.25, 0.3) is 5.91 Å². The number of hydrogen-bond donors (Lipinski definition) is 0. The first-order chi connectivity index (χ1) is 13.6. The van der Waals surface area contributed by atoms with Crippen LogP contribution < -0.4 is 0 Å². The highest BCUT2D eigenvalue weighted by Gasteiger charge is 2.26. The van der Waals surface area contributed by atoms with Gasteiger partial charge < -0.3 is 18.8 Å². The Labute approximate surface area is 162 Å². The molecule has 4 rings (SSSR count). The number of aromatic nitrogens is 1. The van der Waals surface area contributed by atoms with E-state index in [4.69, 9.17) is 13.9 Å². The molecule has 2 aromatic heterocycles. The Hall–Kier alpha value is -2.80. The standard InChI is InChI=1S/C21H24N2O5/c1-3-4-9-27-21(25)23-16-12-14(2)5-6-15(16)19-17(23)13-18(28-19)20(24)22-7-10-26-11-8-22/h5-6,12-13H,3-4,7-11H2,1-2H3. The molecule has 1 aromatic carbocycles. The van der Waals surface area contributed by atoms with Crippen molar-refractivity contribution in [2.24, 2.45) is 0 Å². The Kier molecular flexibility index (Phi) is 5.09. The number of aryl methyl sites for hydroxylation is 1. The van der Waals surface area contributed by atoms with Crippen LogP contribution in [0.25, 0.3) is 22.0 Å². The molecule has 0 bridgehead atoms. The number of carbonyl (C=O) groups is 2. The van der Waals surface area contributed by atoms with Crippen LogP contribution in [0.5, 0.6) is 0 Å². The summed E-state index contributed by atoms with van der Waals surface area (Å²) in [5, 5.41) is 0.786. The lowest BCUT2D eigenvalue weighted by Crippen LogP contribution is -2.40. The summed E-state index contributed by atoms with van der Waals surface area (Å²) in [6.07, 6.45) is 1.29. The van der Waals surface area contributed by atoms with Crippen LogP contribution in [0.4, 0.5) is 4.79 Å². The molecule has 0 unspecified atom stereocenters. The van der Waals surface area contributed by atoms with Gasteiger partial charge in [-0.25, -0.2) is 9.36 Å². The maximum Gasteiger partial charge on any atom is 0.419 e. The lowest BCUT2D eigenvalue weighted by molar-refractivity contribution is 0.0284. The van der Waals surface area contributed by atoms with Crippen molar-refractivity contribution in [2.75, 3.05) is 32.9 Å². The van der Waals surface area contributed by atoms with Crippen molar-refractivity contribution < 1.29 is 23.5 Å². The average molecular weight is 384 g/mol. The molecule has 1 aliphatic heterocycles. The first-order valence-electron chi connectivity index (χ1n) is 9.69. The van der Waals surface area contributed by atoms with E-state index < -0.39 is 6.09 Å². The fourth-order valence-corrected chi connectivity index (χ4v) is 3.48. The SMILES string of the molecule is CCCCOC(=O)n1c2cc(C)ccc2c2oc(C(=O)N3CCOCC3)cc21. The number of ether oxygens (including phenoxy) is 2. The molecule has 1 amide bonds. The Balaban J connectivity index is 1.77. The number of unbranched alkanes of at least 4 members (excludes halogenated alkanes) is 1. The highest BCUT2D eigenvalue weighted by molar-refractivity contribution is 6.12. The molecule has 3 heterocycles.